The maximum atomic E-state index is 12.1. The van der Waals surface area contributed by atoms with Crippen LogP contribution >= 0.6 is 11.3 Å². The predicted octanol–water partition coefficient (Wildman–Crippen LogP) is 2.78. The molecule has 1 aromatic carbocycles. The predicted molar refractivity (Wildman–Crippen MR) is 83.1 cm³/mol. The summed E-state index contributed by atoms with van der Waals surface area (Å²) >= 11 is 1.67. The smallest absolute Gasteiger partial charge is 0.267 e. The Hall–Kier alpha value is -2.27. The number of nitrogens with two attached hydrogens (primary N) is 1. The van der Waals surface area contributed by atoms with Crippen molar-refractivity contribution >= 4 is 33.8 Å². The molecule has 20 heavy (non-hydrogen) atoms. The third-order valence-electron chi connectivity index (χ3n) is 3.21. The van der Waals surface area contributed by atoms with E-state index in [1.54, 1.807) is 11.3 Å². The molecule has 0 aliphatic heterocycles. The highest BCUT2D eigenvalue weighted by molar-refractivity contribution is 7.07. The number of hydrogen-bond donors (Lipinski definition) is 3. The summed E-state index contributed by atoms with van der Waals surface area (Å²) in [4.78, 5) is 15.1. The molecule has 0 atom stereocenters. The summed E-state index contributed by atoms with van der Waals surface area (Å²) in [7, 11) is 0. The number of nitrogen functional groups attached to an aromatic ring is 1. The molecule has 1 amide bonds. The maximum absolute atomic E-state index is 12.1. The molecule has 3 rings (SSSR count). The number of amides is 1. The molecule has 0 fully saturated rings. The fourth-order valence-corrected chi connectivity index (χ4v) is 2.86. The monoisotopic (exact) mass is 285 g/mol. The third kappa shape index (κ3) is 2.53. The molecule has 3 aromatic rings. The van der Waals surface area contributed by atoms with Gasteiger partial charge < -0.3 is 16.0 Å². The second kappa shape index (κ2) is 5.38. The van der Waals surface area contributed by atoms with Crippen LogP contribution in [0.25, 0.3) is 10.9 Å². The second-order valence-corrected chi connectivity index (χ2v) is 5.41. The number of aromatic nitrogens is 1. The van der Waals surface area contributed by atoms with E-state index in [0.717, 1.165) is 17.3 Å². The van der Waals surface area contributed by atoms with Gasteiger partial charge in [-0.1, -0.05) is 12.1 Å². The number of para-hydroxylation sites is 1. The largest absolute Gasteiger partial charge is 0.397 e. The Balaban J connectivity index is 1.68. The zero-order valence-corrected chi connectivity index (χ0v) is 11.7. The number of rotatable bonds is 4. The lowest BCUT2D eigenvalue weighted by atomic mass is 10.2. The number of fused-ring (bicyclic) bond motifs is 1. The lowest BCUT2D eigenvalue weighted by Gasteiger charge is -2.02. The summed E-state index contributed by atoms with van der Waals surface area (Å²) in [5.41, 5.74) is 9.13. The Kier molecular flexibility index (Phi) is 3.43. The molecule has 0 aliphatic carbocycles. The molecule has 2 aromatic heterocycles. The van der Waals surface area contributed by atoms with Gasteiger partial charge >= 0.3 is 0 Å². The van der Waals surface area contributed by atoms with Crippen LogP contribution in [-0.4, -0.2) is 17.4 Å². The number of benzene rings is 1. The van der Waals surface area contributed by atoms with E-state index >= 15 is 0 Å². The fraction of sp³-hybridized carbons (Fsp3) is 0.133. The summed E-state index contributed by atoms with van der Waals surface area (Å²) in [6.45, 7) is 0.625. The number of carbonyl (C=O) groups excluding carboxylic acids is 1. The van der Waals surface area contributed by atoms with Crippen molar-refractivity contribution in [3.05, 3.63) is 52.3 Å². The van der Waals surface area contributed by atoms with E-state index in [2.05, 4.69) is 21.7 Å². The van der Waals surface area contributed by atoms with Gasteiger partial charge in [0.15, 0.2) is 0 Å². The molecule has 0 saturated heterocycles. The number of hydrogen-bond acceptors (Lipinski definition) is 3. The van der Waals surface area contributed by atoms with Crippen LogP contribution in [0.5, 0.6) is 0 Å². The molecule has 4 N–H and O–H groups in total. The molecule has 5 heteroatoms. The van der Waals surface area contributed by atoms with E-state index in [4.69, 9.17) is 5.73 Å². The zero-order valence-electron chi connectivity index (χ0n) is 10.8. The van der Waals surface area contributed by atoms with Gasteiger partial charge in [0, 0.05) is 11.9 Å². The molecule has 0 aliphatic rings. The van der Waals surface area contributed by atoms with E-state index in [-0.39, 0.29) is 5.91 Å². The van der Waals surface area contributed by atoms with Crippen LogP contribution in [0.3, 0.4) is 0 Å². The van der Waals surface area contributed by atoms with E-state index in [0.29, 0.717) is 17.9 Å². The first kappa shape index (κ1) is 12.7. The minimum absolute atomic E-state index is 0.101. The number of thiophene rings is 1. The van der Waals surface area contributed by atoms with Crippen molar-refractivity contribution < 1.29 is 4.79 Å². The molecular weight excluding hydrogens is 270 g/mol. The summed E-state index contributed by atoms with van der Waals surface area (Å²) in [6.07, 6.45) is 0.845. The molecule has 0 radical (unpaired) electrons. The SMILES string of the molecule is Nc1cccc2cc(C(=O)NCCc3ccsc3)[nH]c12. The summed E-state index contributed by atoms with van der Waals surface area (Å²) < 4.78 is 0. The molecule has 102 valence electrons. The Morgan fingerprint density at radius 2 is 2.25 bits per heavy atom. The highest BCUT2D eigenvalue weighted by Crippen LogP contribution is 2.20. The molecule has 0 bridgehead atoms. The first-order valence-corrected chi connectivity index (χ1v) is 7.35. The lowest BCUT2D eigenvalue weighted by molar-refractivity contribution is 0.0950. The van der Waals surface area contributed by atoms with Gasteiger partial charge in [0.2, 0.25) is 0 Å². The van der Waals surface area contributed by atoms with Crippen LogP contribution in [0.4, 0.5) is 5.69 Å². The normalized spacial score (nSPS) is 10.8. The molecule has 0 unspecified atom stereocenters. The fourth-order valence-electron chi connectivity index (χ4n) is 2.15. The molecule has 4 nitrogen and oxygen atoms in total. The Morgan fingerprint density at radius 1 is 1.35 bits per heavy atom. The van der Waals surface area contributed by atoms with Crippen molar-refractivity contribution in [3.8, 4) is 0 Å². The number of anilines is 1. The quantitative estimate of drug-likeness (QED) is 0.645. The van der Waals surface area contributed by atoms with Crippen LogP contribution in [0.2, 0.25) is 0 Å². The van der Waals surface area contributed by atoms with Gasteiger partial charge in [-0.15, -0.1) is 0 Å². The van der Waals surface area contributed by atoms with Gasteiger partial charge in [-0.3, -0.25) is 4.79 Å². The van der Waals surface area contributed by atoms with Crippen molar-refractivity contribution in [2.75, 3.05) is 12.3 Å². The molecule has 2 heterocycles. The van der Waals surface area contributed by atoms with Crippen LogP contribution in [0.15, 0.2) is 41.1 Å². The zero-order chi connectivity index (χ0) is 13.9. The van der Waals surface area contributed by atoms with Gasteiger partial charge in [0.1, 0.15) is 5.69 Å². The second-order valence-electron chi connectivity index (χ2n) is 4.63. The summed E-state index contributed by atoms with van der Waals surface area (Å²) in [6, 6.07) is 9.53. The average molecular weight is 285 g/mol. The van der Waals surface area contributed by atoms with E-state index < -0.39 is 0 Å². The van der Waals surface area contributed by atoms with Gasteiger partial charge in [0.05, 0.1) is 11.2 Å². The third-order valence-corrected chi connectivity index (χ3v) is 3.94. The maximum Gasteiger partial charge on any atom is 0.267 e. The topological polar surface area (TPSA) is 70.9 Å². The minimum Gasteiger partial charge on any atom is -0.397 e. The standard InChI is InChI=1S/C15H15N3OS/c16-12-3-1-2-11-8-13(18-14(11)12)15(19)17-6-4-10-5-7-20-9-10/h1-3,5,7-9,18H,4,6,16H2,(H,17,19). The van der Waals surface area contributed by atoms with Crippen molar-refractivity contribution in [2.45, 2.75) is 6.42 Å². The lowest BCUT2D eigenvalue weighted by Crippen LogP contribution is -2.25. The highest BCUT2D eigenvalue weighted by Gasteiger charge is 2.10. The van der Waals surface area contributed by atoms with Gasteiger partial charge in [-0.25, -0.2) is 0 Å². The first-order valence-electron chi connectivity index (χ1n) is 6.40. The van der Waals surface area contributed by atoms with Crippen LogP contribution in [-0.2, 0) is 6.42 Å². The molecule has 0 spiro atoms. The number of nitrogens with one attached hydrogen (secondary N) is 2. The van der Waals surface area contributed by atoms with Crippen LogP contribution < -0.4 is 11.1 Å². The van der Waals surface area contributed by atoms with Crippen molar-refractivity contribution in [1.82, 2.24) is 10.3 Å². The highest BCUT2D eigenvalue weighted by atomic mass is 32.1. The van der Waals surface area contributed by atoms with Crippen molar-refractivity contribution in [1.29, 1.82) is 0 Å². The molecular formula is C15H15N3OS. The Bertz CT molecular complexity index is 731. The van der Waals surface area contributed by atoms with Gasteiger partial charge in [-0.2, -0.15) is 11.3 Å². The van der Waals surface area contributed by atoms with E-state index in [1.807, 2.05) is 29.6 Å². The minimum atomic E-state index is -0.101. The molecule has 0 saturated carbocycles. The van der Waals surface area contributed by atoms with Crippen LogP contribution in [0, 0.1) is 0 Å². The summed E-state index contributed by atoms with van der Waals surface area (Å²) in [5, 5.41) is 8.00. The Morgan fingerprint density at radius 3 is 3.00 bits per heavy atom. The van der Waals surface area contributed by atoms with Crippen molar-refractivity contribution in [2.24, 2.45) is 0 Å². The average Bonchev–Trinajstić information content (AvgIpc) is 3.07. The first-order chi connectivity index (χ1) is 9.74. The number of aromatic amines is 1. The van der Waals surface area contributed by atoms with Crippen molar-refractivity contribution in [3.63, 3.8) is 0 Å². The number of carbonyl (C=O) groups is 1. The van der Waals surface area contributed by atoms with Gasteiger partial charge in [0.25, 0.3) is 5.91 Å². The number of H-pyrrole nitrogens is 1. The Labute approximate surface area is 120 Å². The summed E-state index contributed by atoms with van der Waals surface area (Å²) in [5.74, 6) is -0.101. The van der Waals surface area contributed by atoms with Crippen LogP contribution in [0.1, 0.15) is 16.1 Å². The van der Waals surface area contributed by atoms with E-state index in [1.165, 1.54) is 5.56 Å². The van der Waals surface area contributed by atoms with E-state index in [9.17, 15) is 4.79 Å². The van der Waals surface area contributed by atoms with Gasteiger partial charge in [-0.05, 0) is 40.9 Å².